The van der Waals surface area contributed by atoms with Crippen LogP contribution in [0.4, 0.5) is 5.69 Å². The number of nitrogens with one attached hydrogen (secondary N) is 1. The summed E-state index contributed by atoms with van der Waals surface area (Å²) in [7, 11) is -1.69. The van der Waals surface area contributed by atoms with E-state index >= 15 is 0 Å². The van der Waals surface area contributed by atoms with Crippen LogP contribution >= 0.6 is 11.6 Å². The number of halogens is 1. The first kappa shape index (κ1) is 17.3. The lowest BCUT2D eigenvalue weighted by molar-refractivity contribution is 0.0785. The van der Waals surface area contributed by atoms with Crippen molar-refractivity contribution < 1.29 is 13.2 Å². The third-order valence-electron chi connectivity index (χ3n) is 3.09. The van der Waals surface area contributed by atoms with Gasteiger partial charge in [-0.1, -0.05) is 29.8 Å². The fraction of sp³-hybridized carbons (Fsp3) is 0.188. The Balaban J connectivity index is 2.13. The van der Waals surface area contributed by atoms with E-state index < -0.39 is 10.0 Å². The summed E-state index contributed by atoms with van der Waals surface area (Å²) in [4.78, 5) is 14.0. The van der Waals surface area contributed by atoms with Gasteiger partial charge in [-0.05, 0) is 35.9 Å². The zero-order valence-electron chi connectivity index (χ0n) is 12.8. The van der Waals surface area contributed by atoms with Gasteiger partial charge in [-0.25, -0.2) is 8.42 Å². The largest absolute Gasteiger partial charge is 0.337 e. The topological polar surface area (TPSA) is 66.5 Å². The van der Waals surface area contributed by atoms with E-state index in [1.807, 2.05) is 12.1 Å². The molecule has 0 radical (unpaired) electrons. The maximum absolute atomic E-state index is 12.5. The molecule has 2 rings (SSSR count). The summed E-state index contributed by atoms with van der Waals surface area (Å²) in [6.45, 7) is 0.430. The number of benzene rings is 2. The maximum Gasteiger partial charge on any atom is 0.253 e. The van der Waals surface area contributed by atoms with Gasteiger partial charge in [-0.3, -0.25) is 9.52 Å². The number of nitrogens with zero attached hydrogens (tertiary/aromatic N) is 1. The lowest BCUT2D eigenvalue weighted by Crippen LogP contribution is -2.26. The van der Waals surface area contributed by atoms with Gasteiger partial charge >= 0.3 is 0 Å². The van der Waals surface area contributed by atoms with Crippen molar-refractivity contribution in [1.82, 2.24) is 4.90 Å². The van der Waals surface area contributed by atoms with Crippen molar-refractivity contribution in [3.8, 4) is 0 Å². The average Bonchev–Trinajstić information content (AvgIpc) is 2.47. The van der Waals surface area contributed by atoms with Gasteiger partial charge in [0.15, 0.2) is 0 Å². The summed E-state index contributed by atoms with van der Waals surface area (Å²) in [6, 6.07) is 13.6. The molecule has 0 aliphatic heterocycles. The summed E-state index contributed by atoms with van der Waals surface area (Å²) in [5.74, 6) is -0.197. The normalized spacial score (nSPS) is 11.1. The molecule has 0 saturated heterocycles. The molecule has 0 bridgehead atoms. The fourth-order valence-electron chi connectivity index (χ4n) is 2.09. The van der Waals surface area contributed by atoms with E-state index in [0.29, 0.717) is 22.8 Å². The Morgan fingerprint density at radius 3 is 2.43 bits per heavy atom. The molecule has 122 valence electrons. The van der Waals surface area contributed by atoms with Crippen molar-refractivity contribution in [1.29, 1.82) is 0 Å². The van der Waals surface area contributed by atoms with Crippen LogP contribution in [0.1, 0.15) is 15.9 Å². The van der Waals surface area contributed by atoms with E-state index in [1.165, 1.54) is 6.07 Å². The molecule has 5 nitrogen and oxygen atoms in total. The first-order chi connectivity index (χ1) is 10.7. The van der Waals surface area contributed by atoms with E-state index in [9.17, 15) is 13.2 Å². The van der Waals surface area contributed by atoms with Gasteiger partial charge in [0.25, 0.3) is 5.91 Å². The highest BCUT2D eigenvalue weighted by Crippen LogP contribution is 2.16. The van der Waals surface area contributed by atoms with Gasteiger partial charge in [0.1, 0.15) is 0 Å². The van der Waals surface area contributed by atoms with Gasteiger partial charge < -0.3 is 4.90 Å². The third-order valence-corrected chi connectivity index (χ3v) is 3.95. The number of sulfonamides is 1. The predicted octanol–water partition coefficient (Wildman–Crippen LogP) is 2.98. The first-order valence-corrected chi connectivity index (χ1v) is 9.09. The number of amides is 1. The van der Waals surface area contributed by atoms with Gasteiger partial charge in [-0.15, -0.1) is 0 Å². The molecule has 0 aliphatic carbocycles. The van der Waals surface area contributed by atoms with Crippen LogP contribution in [0.5, 0.6) is 0 Å². The Kier molecular flexibility index (Phi) is 5.28. The molecule has 1 N–H and O–H groups in total. The summed E-state index contributed by atoms with van der Waals surface area (Å²) < 4.78 is 24.9. The molecule has 0 saturated carbocycles. The predicted molar refractivity (Wildman–Crippen MR) is 92.2 cm³/mol. The molecule has 23 heavy (non-hydrogen) atoms. The second kappa shape index (κ2) is 7.02. The fourth-order valence-corrected chi connectivity index (χ4v) is 2.77. The molecule has 0 spiro atoms. The maximum atomic E-state index is 12.5. The van der Waals surface area contributed by atoms with Gasteiger partial charge in [0, 0.05) is 29.9 Å². The Morgan fingerprint density at radius 1 is 1.17 bits per heavy atom. The minimum atomic E-state index is -3.38. The van der Waals surface area contributed by atoms with Crippen molar-refractivity contribution in [3.63, 3.8) is 0 Å². The van der Waals surface area contributed by atoms with E-state index in [1.54, 1.807) is 42.3 Å². The van der Waals surface area contributed by atoms with E-state index in [-0.39, 0.29) is 5.91 Å². The van der Waals surface area contributed by atoms with E-state index in [4.69, 9.17) is 11.6 Å². The van der Waals surface area contributed by atoms with Crippen LogP contribution < -0.4 is 4.72 Å². The molecule has 0 unspecified atom stereocenters. The van der Waals surface area contributed by atoms with Crippen LogP contribution in [-0.2, 0) is 16.6 Å². The number of carbonyl (C=O) groups is 1. The minimum absolute atomic E-state index is 0.197. The molecule has 0 heterocycles. The highest BCUT2D eigenvalue weighted by Gasteiger charge is 2.13. The van der Waals surface area contributed by atoms with Crippen LogP contribution in [0.3, 0.4) is 0 Å². The number of carbonyl (C=O) groups excluding carboxylic acids is 1. The number of rotatable bonds is 5. The van der Waals surface area contributed by atoms with Crippen molar-refractivity contribution in [2.45, 2.75) is 6.54 Å². The van der Waals surface area contributed by atoms with Gasteiger partial charge in [0.2, 0.25) is 10.0 Å². The molecular formula is C16H17ClN2O3S. The number of hydrogen-bond donors (Lipinski definition) is 1. The standard InChI is InChI=1S/C16H17ClN2O3S/c1-19(11-12-6-8-14(17)9-7-12)16(20)13-4-3-5-15(10-13)18-23(2,21)22/h3-10,18H,11H2,1-2H3. The van der Waals surface area contributed by atoms with Gasteiger partial charge in [0.05, 0.1) is 6.26 Å². The molecule has 1 amide bonds. The summed E-state index contributed by atoms with van der Waals surface area (Å²) in [5.41, 5.74) is 1.73. The molecule has 0 fully saturated rings. The quantitative estimate of drug-likeness (QED) is 0.899. The van der Waals surface area contributed by atoms with Crippen LogP contribution in [0.25, 0.3) is 0 Å². The van der Waals surface area contributed by atoms with Crippen LogP contribution in [-0.4, -0.2) is 32.5 Å². The van der Waals surface area contributed by atoms with Crippen LogP contribution in [0.2, 0.25) is 5.02 Å². The van der Waals surface area contributed by atoms with E-state index in [2.05, 4.69) is 4.72 Å². The lowest BCUT2D eigenvalue weighted by atomic mass is 10.1. The molecule has 2 aromatic carbocycles. The van der Waals surface area contributed by atoms with Crippen molar-refractivity contribution in [3.05, 3.63) is 64.7 Å². The first-order valence-electron chi connectivity index (χ1n) is 6.82. The Labute approximate surface area is 140 Å². The Morgan fingerprint density at radius 2 is 1.83 bits per heavy atom. The monoisotopic (exact) mass is 352 g/mol. The molecule has 0 aliphatic rings. The molecule has 0 aromatic heterocycles. The summed E-state index contributed by atoms with van der Waals surface area (Å²) >= 11 is 5.84. The molecule has 7 heteroatoms. The second-order valence-corrected chi connectivity index (χ2v) is 7.43. The highest BCUT2D eigenvalue weighted by atomic mass is 35.5. The molecule has 2 aromatic rings. The Bertz CT molecular complexity index is 804. The van der Waals surface area contributed by atoms with Crippen LogP contribution in [0, 0.1) is 0 Å². The van der Waals surface area contributed by atoms with E-state index in [0.717, 1.165) is 11.8 Å². The summed E-state index contributed by atoms with van der Waals surface area (Å²) in [6.07, 6.45) is 1.06. The Hall–Kier alpha value is -2.05. The lowest BCUT2D eigenvalue weighted by Gasteiger charge is -2.18. The zero-order chi connectivity index (χ0) is 17.0. The third kappa shape index (κ3) is 5.26. The van der Waals surface area contributed by atoms with Crippen LogP contribution in [0.15, 0.2) is 48.5 Å². The SMILES string of the molecule is CN(Cc1ccc(Cl)cc1)C(=O)c1cccc(NS(C)(=O)=O)c1. The molecule has 0 atom stereocenters. The number of hydrogen-bond acceptors (Lipinski definition) is 3. The highest BCUT2D eigenvalue weighted by molar-refractivity contribution is 7.92. The van der Waals surface area contributed by atoms with Crippen molar-refractivity contribution in [2.75, 3.05) is 18.0 Å². The van der Waals surface area contributed by atoms with Gasteiger partial charge in [-0.2, -0.15) is 0 Å². The average molecular weight is 353 g/mol. The smallest absolute Gasteiger partial charge is 0.253 e. The minimum Gasteiger partial charge on any atom is -0.337 e. The number of anilines is 1. The molecular weight excluding hydrogens is 336 g/mol. The van der Waals surface area contributed by atoms with Crippen molar-refractivity contribution >= 4 is 33.2 Å². The zero-order valence-corrected chi connectivity index (χ0v) is 14.4. The van der Waals surface area contributed by atoms with Crippen molar-refractivity contribution in [2.24, 2.45) is 0 Å². The second-order valence-electron chi connectivity index (χ2n) is 5.24. The summed E-state index contributed by atoms with van der Waals surface area (Å²) in [5, 5.41) is 0.641.